The molecule has 1 aliphatic rings. The first-order valence-corrected chi connectivity index (χ1v) is 7.52. The molecule has 1 rings (SSSR count). The van der Waals surface area contributed by atoms with Crippen molar-refractivity contribution in [3.05, 3.63) is 0 Å². The molecule has 0 aromatic carbocycles. The van der Waals surface area contributed by atoms with Gasteiger partial charge in [-0.1, -0.05) is 47.5 Å². The molecule has 0 aliphatic carbocycles. The summed E-state index contributed by atoms with van der Waals surface area (Å²) < 4.78 is 0. The third-order valence-electron chi connectivity index (χ3n) is 3.57. The van der Waals surface area contributed by atoms with E-state index in [1.807, 2.05) is 13.8 Å². The first-order valence-electron chi connectivity index (χ1n) is 7.52. The fourth-order valence-corrected chi connectivity index (χ4v) is 2.64. The van der Waals surface area contributed by atoms with Crippen molar-refractivity contribution in [1.82, 2.24) is 4.90 Å². The van der Waals surface area contributed by atoms with Gasteiger partial charge in [-0.15, -0.1) is 0 Å². The molecule has 1 aliphatic heterocycles. The normalized spacial score (nSPS) is 23.4. The van der Waals surface area contributed by atoms with Crippen LogP contribution in [-0.2, 0) is 0 Å². The molecular formula is C15H33N. The van der Waals surface area contributed by atoms with Crippen LogP contribution >= 0.6 is 0 Å². The van der Waals surface area contributed by atoms with Gasteiger partial charge in [-0.05, 0) is 38.1 Å². The highest BCUT2D eigenvalue weighted by Gasteiger charge is 2.21. The lowest BCUT2D eigenvalue weighted by molar-refractivity contribution is 0.119. The number of nitrogens with zero attached hydrogens (tertiary/aromatic N) is 1. The predicted molar refractivity (Wildman–Crippen MR) is 74.9 cm³/mol. The van der Waals surface area contributed by atoms with Crippen LogP contribution in [0, 0.1) is 5.92 Å². The van der Waals surface area contributed by atoms with Gasteiger partial charge in [0, 0.05) is 12.6 Å². The lowest BCUT2D eigenvalue weighted by atomic mass is 9.96. The van der Waals surface area contributed by atoms with Gasteiger partial charge in [-0.25, -0.2) is 0 Å². The third-order valence-corrected chi connectivity index (χ3v) is 3.57. The average molecular weight is 227 g/mol. The molecule has 0 saturated carbocycles. The second kappa shape index (κ2) is 10.1. The van der Waals surface area contributed by atoms with Crippen LogP contribution in [0.3, 0.4) is 0 Å². The number of unbranched alkanes of at least 4 members (excludes halogenated alkanes) is 1. The van der Waals surface area contributed by atoms with Gasteiger partial charge in [-0.2, -0.15) is 0 Å². The Kier molecular flexibility index (Phi) is 10.1. The summed E-state index contributed by atoms with van der Waals surface area (Å²) in [6.45, 7) is 13.7. The SMILES string of the molecule is CC.CCCCC(CC)N1CCCC(C)C1. The molecule has 98 valence electrons. The first kappa shape index (κ1) is 16.0. The van der Waals surface area contributed by atoms with Crippen LogP contribution in [0.2, 0.25) is 0 Å². The Morgan fingerprint density at radius 3 is 2.44 bits per heavy atom. The van der Waals surface area contributed by atoms with E-state index in [9.17, 15) is 0 Å². The molecule has 1 heteroatoms. The van der Waals surface area contributed by atoms with Crippen molar-refractivity contribution in [3.8, 4) is 0 Å². The lowest BCUT2D eigenvalue weighted by Crippen LogP contribution is -2.41. The Morgan fingerprint density at radius 2 is 1.94 bits per heavy atom. The van der Waals surface area contributed by atoms with Crippen molar-refractivity contribution < 1.29 is 0 Å². The van der Waals surface area contributed by atoms with E-state index in [1.165, 1.54) is 51.6 Å². The van der Waals surface area contributed by atoms with E-state index in [2.05, 4.69) is 25.7 Å². The summed E-state index contributed by atoms with van der Waals surface area (Å²) in [7, 11) is 0. The minimum atomic E-state index is 0.873. The summed E-state index contributed by atoms with van der Waals surface area (Å²) in [5.41, 5.74) is 0. The quantitative estimate of drug-likeness (QED) is 0.657. The Labute approximate surface area is 104 Å². The topological polar surface area (TPSA) is 3.24 Å². The maximum atomic E-state index is 2.74. The van der Waals surface area contributed by atoms with E-state index in [1.54, 1.807) is 0 Å². The Hall–Kier alpha value is -0.0400. The Bertz CT molecular complexity index is 144. The number of piperidine rings is 1. The fraction of sp³-hybridized carbons (Fsp3) is 1.00. The molecule has 0 aromatic rings. The standard InChI is InChI=1S/C13H27N.C2H6/c1-4-6-9-13(5-2)14-10-7-8-12(3)11-14;1-2/h12-13H,4-11H2,1-3H3;1-2H3. The molecular weight excluding hydrogens is 194 g/mol. The molecule has 0 N–H and O–H groups in total. The summed E-state index contributed by atoms with van der Waals surface area (Å²) in [6.07, 6.45) is 8.38. The zero-order valence-corrected chi connectivity index (χ0v) is 12.3. The van der Waals surface area contributed by atoms with Gasteiger partial charge in [-0.3, -0.25) is 0 Å². The molecule has 0 spiro atoms. The van der Waals surface area contributed by atoms with Crippen molar-refractivity contribution in [3.63, 3.8) is 0 Å². The molecule has 1 heterocycles. The van der Waals surface area contributed by atoms with Crippen LogP contribution in [0.25, 0.3) is 0 Å². The van der Waals surface area contributed by atoms with Crippen LogP contribution in [0.5, 0.6) is 0 Å². The highest BCUT2D eigenvalue weighted by molar-refractivity contribution is 4.76. The summed E-state index contributed by atoms with van der Waals surface area (Å²) in [5.74, 6) is 0.930. The number of hydrogen-bond donors (Lipinski definition) is 0. The molecule has 16 heavy (non-hydrogen) atoms. The zero-order valence-electron chi connectivity index (χ0n) is 12.3. The van der Waals surface area contributed by atoms with Gasteiger partial charge in [0.05, 0.1) is 0 Å². The van der Waals surface area contributed by atoms with Crippen molar-refractivity contribution in [2.24, 2.45) is 5.92 Å². The molecule has 2 atom stereocenters. The number of hydrogen-bond acceptors (Lipinski definition) is 1. The molecule has 2 unspecified atom stereocenters. The lowest BCUT2D eigenvalue weighted by Gasteiger charge is -2.37. The van der Waals surface area contributed by atoms with E-state index >= 15 is 0 Å². The van der Waals surface area contributed by atoms with Crippen molar-refractivity contribution in [2.45, 2.75) is 79.2 Å². The third kappa shape index (κ3) is 5.89. The Balaban J connectivity index is 0.00000106. The van der Waals surface area contributed by atoms with Crippen LogP contribution in [-0.4, -0.2) is 24.0 Å². The van der Waals surface area contributed by atoms with Crippen molar-refractivity contribution in [2.75, 3.05) is 13.1 Å². The summed E-state index contributed by atoms with van der Waals surface area (Å²) in [6, 6.07) is 0.873. The first-order chi connectivity index (χ1) is 7.77. The van der Waals surface area contributed by atoms with E-state index < -0.39 is 0 Å². The van der Waals surface area contributed by atoms with Gasteiger partial charge in [0.25, 0.3) is 0 Å². The molecule has 0 aromatic heterocycles. The van der Waals surface area contributed by atoms with Gasteiger partial charge in [0.15, 0.2) is 0 Å². The number of rotatable bonds is 5. The molecule has 1 fully saturated rings. The van der Waals surface area contributed by atoms with E-state index in [0.29, 0.717) is 0 Å². The molecule has 0 bridgehead atoms. The van der Waals surface area contributed by atoms with Crippen LogP contribution in [0.4, 0.5) is 0 Å². The van der Waals surface area contributed by atoms with Gasteiger partial charge in [0.1, 0.15) is 0 Å². The zero-order chi connectivity index (χ0) is 12.4. The predicted octanol–water partition coefficient (Wildman–Crippen LogP) is 4.71. The summed E-state index contributed by atoms with van der Waals surface area (Å²) in [5, 5.41) is 0. The van der Waals surface area contributed by atoms with Crippen LogP contribution in [0.15, 0.2) is 0 Å². The smallest absolute Gasteiger partial charge is 0.00927 e. The van der Waals surface area contributed by atoms with Gasteiger partial charge < -0.3 is 4.90 Å². The maximum Gasteiger partial charge on any atom is 0.00927 e. The number of likely N-dealkylation sites (tertiary alicyclic amines) is 1. The van der Waals surface area contributed by atoms with E-state index in [4.69, 9.17) is 0 Å². The minimum absolute atomic E-state index is 0.873. The molecule has 0 amide bonds. The molecule has 1 saturated heterocycles. The molecule has 0 radical (unpaired) electrons. The van der Waals surface area contributed by atoms with Crippen LogP contribution < -0.4 is 0 Å². The summed E-state index contributed by atoms with van der Waals surface area (Å²) in [4.78, 5) is 2.74. The molecule has 1 nitrogen and oxygen atoms in total. The highest BCUT2D eigenvalue weighted by atomic mass is 15.2. The van der Waals surface area contributed by atoms with Crippen LogP contribution in [0.1, 0.15) is 73.1 Å². The van der Waals surface area contributed by atoms with E-state index in [0.717, 1.165) is 12.0 Å². The largest absolute Gasteiger partial charge is 0.300 e. The minimum Gasteiger partial charge on any atom is -0.300 e. The maximum absolute atomic E-state index is 2.74. The van der Waals surface area contributed by atoms with Gasteiger partial charge >= 0.3 is 0 Å². The average Bonchev–Trinajstić information content (AvgIpc) is 2.33. The second-order valence-electron chi connectivity index (χ2n) is 4.95. The monoisotopic (exact) mass is 227 g/mol. The van der Waals surface area contributed by atoms with Crippen molar-refractivity contribution in [1.29, 1.82) is 0 Å². The van der Waals surface area contributed by atoms with E-state index in [-0.39, 0.29) is 0 Å². The fourth-order valence-electron chi connectivity index (χ4n) is 2.64. The van der Waals surface area contributed by atoms with Gasteiger partial charge in [0.2, 0.25) is 0 Å². The Morgan fingerprint density at radius 1 is 1.25 bits per heavy atom. The van der Waals surface area contributed by atoms with Crippen molar-refractivity contribution >= 4 is 0 Å². The summed E-state index contributed by atoms with van der Waals surface area (Å²) >= 11 is 0. The highest BCUT2D eigenvalue weighted by Crippen LogP contribution is 2.21. The second-order valence-corrected chi connectivity index (χ2v) is 4.95.